The molecule has 6 heteroatoms. The molecule has 18 heavy (non-hydrogen) atoms. The van der Waals surface area contributed by atoms with Gasteiger partial charge in [0.25, 0.3) is 5.91 Å². The van der Waals surface area contributed by atoms with Gasteiger partial charge in [0.15, 0.2) is 5.01 Å². The molecule has 0 aliphatic heterocycles. The van der Waals surface area contributed by atoms with Gasteiger partial charge in [0.2, 0.25) is 0 Å². The molecule has 3 nitrogen and oxygen atoms in total. The van der Waals surface area contributed by atoms with E-state index in [4.69, 9.17) is 0 Å². The highest BCUT2D eigenvalue weighted by atomic mass is 32.1. The number of thiazole rings is 1. The molecule has 2 rings (SSSR count). The Morgan fingerprint density at radius 2 is 1.89 bits per heavy atom. The summed E-state index contributed by atoms with van der Waals surface area (Å²) in [7, 11) is 0. The molecule has 1 aromatic heterocycles. The Morgan fingerprint density at radius 3 is 2.39 bits per heavy atom. The van der Waals surface area contributed by atoms with Crippen LogP contribution >= 0.6 is 11.3 Å². The van der Waals surface area contributed by atoms with E-state index in [2.05, 4.69) is 10.3 Å². The number of benzene rings is 1. The third kappa shape index (κ3) is 2.38. The smallest absolute Gasteiger partial charge is 0.284 e. The molecule has 0 aliphatic carbocycles. The minimum absolute atomic E-state index is 0.188. The van der Waals surface area contributed by atoms with Gasteiger partial charge in [-0.1, -0.05) is 6.07 Å². The van der Waals surface area contributed by atoms with E-state index in [1.165, 1.54) is 17.4 Å². The largest absolute Gasteiger partial charge is 0.315 e. The van der Waals surface area contributed by atoms with Crippen molar-refractivity contribution in [1.82, 2.24) is 4.98 Å². The van der Waals surface area contributed by atoms with Crippen LogP contribution in [0.4, 0.5) is 14.5 Å². The predicted octanol–water partition coefficient (Wildman–Crippen LogP) is 3.29. The Hall–Kier alpha value is -1.82. The molecule has 94 valence electrons. The number of hydrogen-bond acceptors (Lipinski definition) is 3. The molecule has 0 saturated heterocycles. The third-order valence-corrected chi connectivity index (χ3v) is 3.50. The number of carbonyl (C=O) groups is 1. The Morgan fingerprint density at radius 1 is 1.28 bits per heavy atom. The van der Waals surface area contributed by atoms with Crippen LogP contribution in [0, 0.1) is 25.5 Å². The highest BCUT2D eigenvalue weighted by Gasteiger charge is 2.16. The first-order valence-corrected chi connectivity index (χ1v) is 6.00. The summed E-state index contributed by atoms with van der Waals surface area (Å²) in [6.07, 6.45) is 0. The zero-order chi connectivity index (χ0) is 13.3. The van der Waals surface area contributed by atoms with E-state index < -0.39 is 23.2 Å². The van der Waals surface area contributed by atoms with E-state index in [9.17, 15) is 13.6 Å². The van der Waals surface area contributed by atoms with Crippen molar-refractivity contribution in [1.29, 1.82) is 0 Å². The lowest BCUT2D eigenvalue weighted by atomic mass is 10.3. The number of carbonyl (C=O) groups excluding carboxylic acids is 1. The summed E-state index contributed by atoms with van der Waals surface area (Å²) in [4.78, 5) is 16.7. The van der Waals surface area contributed by atoms with Crippen LogP contribution in [0.15, 0.2) is 18.2 Å². The van der Waals surface area contributed by atoms with Crippen molar-refractivity contribution >= 4 is 22.9 Å². The van der Waals surface area contributed by atoms with Gasteiger partial charge in [-0.2, -0.15) is 0 Å². The molecule has 1 heterocycles. The van der Waals surface area contributed by atoms with Crippen LogP contribution in [-0.2, 0) is 0 Å². The van der Waals surface area contributed by atoms with Crippen molar-refractivity contribution in [2.24, 2.45) is 0 Å². The third-order valence-electron chi connectivity index (χ3n) is 2.42. The molecule has 1 N–H and O–H groups in total. The molecule has 0 saturated carbocycles. The normalized spacial score (nSPS) is 10.4. The monoisotopic (exact) mass is 268 g/mol. The first kappa shape index (κ1) is 12.6. The number of nitrogens with zero attached hydrogens (tertiary/aromatic N) is 1. The van der Waals surface area contributed by atoms with Crippen LogP contribution in [0.2, 0.25) is 0 Å². The van der Waals surface area contributed by atoms with Gasteiger partial charge in [0.05, 0.1) is 5.69 Å². The van der Waals surface area contributed by atoms with Crippen molar-refractivity contribution in [3.8, 4) is 0 Å². The summed E-state index contributed by atoms with van der Waals surface area (Å²) in [5, 5.41) is 2.38. The number of anilines is 1. The van der Waals surface area contributed by atoms with E-state index >= 15 is 0 Å². The molecular weight excluding hydrogens is 258 g/mol. The van der Waals surface area contributed by atoms with Gasteiger partial charge in [-0.3, -0.25) is 4.79 Å². The molecule has 0 spiro atoms. The number of amides is 1. The first-order valence-electron chi connectivity index (χ1n) is 5.18. The molecule has 0 aliphatic rings. The Balaban J connectivity index is 2.27. The second-order valence-corrected chi connectivity index (χ2v) is 4.91. The van der Waals surface area contributed by atoms with Crippen LogP contribution in [0.25, 0.3) is 0 Å². The molecule has 0 radical (unpaired) electrons. The van der Waals surface area contributed by atoms with Crippen molar-refractivity contribution in [2.45, 2.75) is 13.8 Å². The summed E-state index contributed by atoms with van der Waals surface area (Å²) < 4.78 is 26.7. The average Bonchev–Trinajstić information content (AvgIpc) is 2.64. The number of aryl methyl sites for hydroxylation is 2. The van der Waals surface area contributed by atoms with Crippen molar-refractivity contribution in [3.63, 3.8) is 0 Å². The quantitative estimate of drug-likeness (QED) is 0.908. The van der Waals surface area contributed by atoms with Gasteiger partial charge in [-0.15, -0.1) is 11.3 Å². The van der Waals surface area contributed by atoms with E-state index in [1.54, 1.807) is 6.92 Å². The summed E-state index contributed by atoms with van der Waals surface area (Å²) >= 11 is 1.19. The lowest BCUT2D eigenvalue weighted by Crippen LogP contribution is -2.14. The highest BCUT2D eigenvalue weighted by molar-refractivity contribution is 7.13. The minimum atomic E-state index is -0.812. The summed E-state index contributed by atoms with van der Waals surface area (Å²) in [5.41, 5.74) is 0.284. The molecule has 2 aromatic rings. The summed E-state index contributed by atoms with van der Waals surface area (Å²) in [6, 6.07) is 3.39. The van der Waals surface area contributed by atoms with Gasteiger partial charge in [0, 0.05) is 4.88 Å². The molecule has 0 unspecified atom stereocenters. The Kier molecular flexibility index (Phi) is 3.38. The van der Waals surface area contributed by atoms with Crippen LogP contribution in [0.3, 0.4) is 0 Å². The second-order valence-electron chi connectivity index (χ2n) is 3.71. The zero-order valence-corrected chi connectivity index (χ0v) is 10.6. The molecule has 0 bridgehead atoms. The summed E-state index contributed by atoms with van der Waals surface area (Å²) in [6.45, 7) is 3.60. The van der Waals surface area contributed by atoms with Gasteiger partial charge in [-0.25, -0.2) is 13.8 Å². The highest BCUT2D eigenvalue weighted by Crippen LogP contribution is 2.21. The Labute approximate surface area is 106 Å². The van der Waals surface area contributed by atoms with E-state index in [0.717, 1.165) is 22.7 Å². The number of halogens is 2. The fraction of sp³-hybridized carbons (Fsp3) is 0.167. The lowest BCUT2D eigenvalue weighted by molar-refractivity contribution is 0.102. The molecular formula is C12H10F2N2OS. The van der Waals surface area contributed by atoms with E-state index in [1.807, 2.05) is 6.92 Å². The topological polar surface area (TPSA) is 42.0 Å². The van der Waals surface area contributed by atoms with Crippen LogP contribution in [0.5, 0.6) is 0 Å². The maximum atomic E-state index is 13.3. The SMILES string of the molecule is Cc1nc(C(=O)Nc2c(F)cccc2F)sc1C. The lowest BCUT2D eigenvalue weighted by Gasteiger charge is -2.05. The zero-order valence-electron chi connectivity index (χ0n) is 9.75. The van der Waals surface area contributed by atoms with Crippen LogP contribution in [-0.4, -0.2) is 10.9 Å². The summed E-state index contributed by atoms with van der Waals surface area (Å²) in [5.74, 6) is -2.23. The number of hydrogen-bond donors (Lipinski definition) is 1. The van der Waals surface area contributed by atoms with Crippen molar-refractivity contribution < 1.29 is 13.6 Å². The fourth-order valence-corrected chi connectivity index (χ4v) is 2.16. The van der Waals surface area contributed by atoms with Crippen molar-refractivity contribution in [3.05, 3.63) is 45.4 Å². The minimum Gasteiger partial charge on any atom is -0.315 e. The second kappa shape index (κ2) is 4.81. The first-order chi connectivity index (χ1) is 8.49. The number of para-hydroxylation sites is 1. The van der Waals surface area contributed by atoms with E-state index in [0.29, 0.717) is 0 Å². The molecule has 0 atom stereocenters. The van der Waals surface area contributed by atoms with Gasteiger partial charge < -0.3 is 5.32 Å². The number of aromatic nitrogens is 1. The van der Waals surface area contributed by atoms with E-state index in [-0.39, 0.29) is 5.01 Å². The molecule has 0 fully saturated rings. The fourth-order valence-electron chi connectivity index (χ4n) is 1.35. The van der Waals surface area contributed by atoms with Gasteiger partial charge >= 0.3 is 0 Å². The standard InChI is InChI=1S/C12H10F2N2OS/c1-6-7(2)18-12(15-6)11(17)16-10-8(13)4-3-5-9(10)14/h3-5H,1-2H3,(H,16,17). The number of rotatable bonds is 2. The molecule has 1 amide bonds. The van der Waals surface area contributed by atoms with Crippen molar-refractivity contribution in [2.75, 3.05) is 5.32 Å². The molecule has 1 aromatic carbocycles. The van der Waals surface area contributed by atoms with Crippen LogP contribution < -0.4 is 5.32 Å². The maximum absolute atomic E-state index is 13.3. The number of nitrogens with one attached hydrogen (secondary N) is 1. The van der Waals surface area contributed by atoms with Gasteiger partial charge in [-0.05, 0) is 26.0 Å². The average molecular weight is 268 g/mol. The Bertz CT molecular complexity index is 570. The predicted molar refractivity (Wildman–Crippen MR) is 65.9 cm³/mol. The van der Waals surface area contributed by atoms with Gasteiger partial charge in [0.1, 0.15) is 17.3 Å². The van der Waals surface area contributed by atoms with Crippen LogP contribution in [0.1, 0.15) is 20.4 Å². The maximum Gasteiger partial charge on any atom is 0.284 e.